The van der Waals surface area contributed by atoms with E-state index in [1.807, 2.05) is 0 Å². The Balaban J connectivity index is 0.000000561. The molecule has 0 nitrogen and oxygen atoms in total. The largest absolute Gasteiger partial charge is 0.255 e. The summed E-state index contributed by atoms with van der Waals surface area (Å²) in [5, 5.41) is 0. The van der Waals surface area contributed by atoms with E-state index in [9.17, 15) is 4.39 Å². The van der Waals surface area contributed by atoms with E-state index in [2.05, 4.69) is 37.3 Å². The van der Waals surface area contributed by atoms with Crippen molar-refractivity contribution in [3.05, 3.63) is 35.9 Å². The van der Waals surface area contributed by atoms with Crippen LogP contribution in [-0.2, 0) is 6.42 Å². The first-order valence-electron chi connectivity index (χ1n) is 4.35. The highest BCUT2D eigenvalue weighted by molar-refractivity contribution is 5.14. The van der Waals surface area contributed by atoms with Crippen LogP contribution < -0.4 is 0 Å². The molecule has 1 rings (SSSR count). The molecular weight excluding hydrogens is 151 g/mol. The Morgan fingerprint density at radius 3 is 2.17 bits per heavy atom. The summed E-state index contributed by atoms with van der Waals surface area (Å²) >= 11 is 0. The van der Waals surface area contributed by atoms with Crippen LogP contribution in [0.2, 0.25) is 0 Å². The zero-order valence-corrected chi connectivity index (χ0v) is 7.89. The summed E-state index contributed by atoms with van der Waals surface area (Å²) in [6, 6.07) is 10.6. The Morgan fingerprint density at radius 1 is 1.08 bits per heavy atom. The van der Waals surface area contributed by atoms with Crippen molar-refractivity contribution in [2.75, 3.05) is 7.18 Å². The lowest BCUT2D eigenvalue weighted by Crippen LogP contribution is -1.81. The molecule has 0 amide bonds. The van der Waals surface area contributed by atoms with E-state index < -0.39 is 0 Å². The van der Waals surface area contributed by atoms with Gasteiger partial charge in [0, 0.05) is 0 Å². The van der Waals surface area contributed by atoms with Crippen molar-refractivity contribution in [1.82, 2.24) is 0 Å². The fraction of sp³-hybridized carbons (Fsp3) is 0.455. The quantitative estimate of drug-likeness (QED) is 0.646. The highest BCUT2D eigenvalue weighted by atomic mass is 19.1. The van der Waals surface area contributed by atoms with Crippen molar-refractivity contribution < 1.29 is 4.39 Å². The summed E-state index contributed by atoms with van der Waals surface area (Å²) in [4.78, 5) is 0. The molecule has 1 aromatic carbocycles. The summed E-state index contributed by atoms with van der Waals surface area (Å²) in [5.41, 5.74) is 1.46. The fourth-order valence-corrected chi connectivity index (χ4v) is 1.03. The van der Waals surface area contributed by atoms with Gasteiger partial charge in [0.15, 0.2) is 0 Å². The van der Waals surface area contributed by atoms with Crippen LogP contribution in [0.4, 0.5) is 4.39 Å². The fourth-order valence-electron chi connectivity index (χ4n) is 1.03. The molecular formula is C11H17F. The predicted octanol–water partition coefficient (Wildman–Crippen LogP) is 3.61. The van der Waals surface area contributed by atoms with Crippen LogP contribution in [0, 0.1) is 0 Å². The standard InChI is InChI=1S/C10H14.CH3F/c1-2-3-7-10-8-5-4-6-9-10;1-2/h4-6,8-9H,2-3,7H2,1H3;1H3. The third-order valence-corrected chi connectivity index (χ3v) is 1.66. The van der Waals surface area contributed by atoms with E-state index in [-0.39, 0.29) is 0 Å². The maximum atomic E-state index is 9.50. The maximum Gasteiger partial charge on any atom is 0.0785 e. The number of hydrogen-bond acceptors (Lipinski definition) is 0. The summed E-state index contributed by atoms with van der Waals surface area (Å²) in [6.07, 6.45) is 3.83. The predicted molar refractivity (Wildman–Crippen MR) is 52.1 cm³/mol. The highest BCUT2D eigenvalue weighted by Crippen LogP contribution is 2.03. The minimum absolute atomic E-state index is 0.500. The molecule has 0 radical (unpaired) electrons. The SMILES string of the molecule is CCCCc1ccccc1.CF. The smallest absolute Gasteiger partial charge is 0.0785 e. The van der Waals surface area contributed by atoms with Gasteiger partial charge in [-0.25, -0.2) is 0 Å². The normalized spacial score (nSPS) is 8.58. The number of alkyl halides is 1. The van der Waals surface area contributed by atoms with Crippen molar-refractivity contribution in [1.29, 1.82) is 0 Å². The van der Waals surface area contributed by atoms with Crippen LogP contribution in [0.25, 0.3) is 0 Å². The van der Waals surface area contributed by atoms with E-state index >= 15 is 0 Å². The molecule has 0 aliphatic carbocycles. The minimum Gasteiger partial charge on any atom is -0.255 e. The van der Waals surface area contributed by atoms with Gasteiger partial charge < -0.3 is 0 Å². The molecule has 0 unspecified atom stereocenters. The molecule has 68 valence electrons. The lowest BCUT2D eigenvalue weighted by molar-refractivity contribution is 0.636. The Morgan fingerprint density at radius 2 is 1.67 bits per heavy atom. The summed E-state index contributed by atoms with van der Waals surface area (Å²) in [7, 11) is 0.500. The number of hydrogen-bond donors (Lipinski definition) is 0. The second-order valence-corrected chi connectivity index (χ2v) is 2.59. The number of unbranched alkanes of at least 4 members (excludes halogenated alkanes) is 1. The lowest BCUT2D eigenvalue weighted by Gasteiger charge is -1.96. The number of halogens is 1. The molecule has 0 heterocycles. The summed E-state index contributed by atoms with van der Waals surface area (Å²) in [5.74, 6) is 0. The van der Waals surface area contributed by atoms with Crippen LogP contribution >= 0.6 is 0 Å². The first kappa shape index (κ1) is 11.2. The monoisotopic (exact) mass is 168 g/mol. The second kappa shape index (κ2) is 8.25. The third kappa shape index (κ3) is 4.89. The number of aryl methyl sites for hydroxylation is 1. The Bertz CT molecular complexity index is 170. The van der Waals surface area contributed by atoms with E-state index in [1.165, 1.54) is 24.8 Å². The zero-order valence-electron chi connectivity index (χ0n) is 7.89. The van der Waals surface area contributed by atoms with Gasteiger partial charge in [-0.2, -0.15) is 0 Å². The third-order valence-electron chi connectivity index (χ3n) is 1.66. The Hall–Kier alpha value is -0.850. The van der Waals surface area contributed by atoms with Gasteiger partial charge >= 0.3 is 0 Å². The van der Waals surface area contributed by atoms with Crippen LogP contribution in [-0.4, -0.2) is 7.18 Å². The first-order chi connectivity index (χ1) is 5.93. The molecule has 0 bridgehead atoms. The number of benzene rings is 1. The van der Waals surface area contributed by atoms with E-state index in [1.54, 1.807) is 0 Å². The Kier molecular flexibility index (Phi) is 7.66. The molecule has 0 aliphatic heterocycles. The molecule has 0 spiro atoms. The molecule has 0 saturated carbocycles. The number of rotatable bonds is 3. The molecule has 1 heteroatoms. The van der Waals surface area contributed by atoms with Gasteiger partial charge in [-0.05, 0) is 18.4 Å². The second-order valence-electron chi connectivity index (χ2n) is 2.59. The van der Waals surface area contributed by atoms with E-state index in [0.717, 1.165) is 0 Å². The minimum atomic E-state index is 0.500. The zero-order chi connectivity index (χ0) is 9.23. The van der Waals surface area contributed by atoms with Crippen LogP contribution in [0.5, 0.6) is 0 Å². The van der Waals surface area contributed by atoms with Gasteiger partial charge in [-0.15, -0.1) is 0 Å². The molecule has 0 aliphatic rings. The van der Waals surface area contributed by atoms with Crippen molar-refractivity contribution >= 4 is 0 Å². The van der Waals surface area contributed by atoms with Crippen molar-refractivity contribution in [2.45, 2.75) is 26.2 Å². The summed E-state index contributed by atoms with van der Waals surface area (Å²) < 4.78 is 9.50. The van der Waals surface area contributed by atoms with Crippen LogP contribution in [0.1, 0.15) is 25.3 Å². The topological polar surface area (TPSA) is 0 Å². The average Bonchev–Trinajstić information content (AvgIpc) is 2.19. The van der Waals surface area contributed by atoms with Crippen LogP contribution in [0.3, 0.4) is 0 Å². The lowest BCUT2D eigenvalue weighted by atomic mass is 10.1. The Labute approximate surface area is 74.4 Å². The van der Waals surface area contributed by atoms with Gasteiger partial charge in [0.05, 0.1) is 7.18 Å². The summed E-state index contributed by atoms with van der Waals surface area (Å²) in [6.45, 7) is 2.23. The van der Waals surface area contributed by atoms with Crippen LogP contribution in [0.15, 0.2) is 30.3 Å². The van der Waals surface area contributed by atoms with E-state index in [0.29, 0.717) is 7.18 Å². The molecule has 1 aromatic rings. The molecule has 0 atom stereocenters. The molecule has 0 aromatic heterocycles. The molecule has 0 N–H and O–H groups in total. The highest BCUT2D eigenvalue weighted by Gasteiger charge is 1.87. The average molecular weight is 168 g/mol. The molecule has 0 fully saturated rings. The first-order valence-corrected chi connectivity index (χ1v) is 4.35. The van der Waals surface area contributed by atoms with Crippen molar-refractivity contribution in [2.24, 2.45) is 0 Å². The van der Waals surface area contributed by atoms with Gasteiger partial charge in [0.25, 0.3) is 0 Å². The van der Waals surface area contributed by atoms with Crippen molar-refractivity contribution in [3.63, 3.8) is 0 Å². The van der Waals surface area contributed by atoms with E-state index in [4.69, 9.17) is 0 Å². The molecule has 12 heavy (non-hydrogen) atoms. The van der Waals surface area contributed by atoms with Gasteiger partial charge in [-0.1, -0.05) is 43.7 Å². The van der Waals surface area contributed by atoms with Gasteiger partial charge in [-0.3, -0.25) is 4.39 Å². The maximum absolute atomic E-state index is 9.50. The van der Waals surface area contributed by atoms with Gasteiger partial charge in [0.1, 0.15) is 0 Å². The van der Waals surface area contributed by atoms with Gasteiger partial charge in [0.2, 0.25) is 0 Å². The molecule has 0 saturated heterocycles. The van der Waals surface area contributed by atoms with Crippen molar-refractivity contribution in [3.8, 4) is 0 Å².